The molecule has 1 aromatic carbocycles. The van der Waals surface area contributed by atoms with E-state index in [1.54, 1.807) is 11.9 Å². The van der Waals surface area contributed by atoms with Gasteiger partial charge in [0.05, 0.1) is 6.07 Å². The standard InChI is InChI=1S/C16H22N2O/c1-11(2)15(9-17)16(19)18(5)10-14-8-12(3)6-7-13(14)4/h6-8,11,15H,10H2,1-5H3. The van der Waals surface area contributed by atoms with Crippen LogP contribution < -0.4 is 0 Å². The maximum Gasteiger partial charge on any atom is 0.240 e. The first-order valence-electron chi connectivity index (χ1n) is 6.57. The molecule has 3 nitrogen and oxygen atoms in total. The molecule has 0 bridgehead atoms. The molecule has 0 aliphatic heterocycles. The van der Waals surface area contributed by atoms with Crippen LogP contribution in [0.2, 0.25) is 0 Å². The van der Waals surface area contributed by atoms with Crippen LogP contribution in [0, 0.1) is 37.0 Å². The Bertz CT molecular complexity index is 500. The number of nitrogens with zero attached hydrogens (tertiary/aromatic N) is 2. The zero-order valence-electron chi connectivity index (χ0n) is 12.4. The van der Waals surface area contributed by atoms with Gasteiger partial charge in [-0.05, 0) is 30.9 Å². The molecular formula is C16H22N2O. The van der Waals surface area contributed by atoms with Crippen LogP contribution >= 0.6 is 0 Å². The topological polar surface area (TPSA) is 44.1 Å². The van der Waals surface area contributed by atoms with Gasteiger partial charge in [-0.2, -0.15) is 5.26 Å². The molecule has 0 aliphatic carbocycles. The molecule has 1 amide bonds. The lowest BCUT2D eigenvalue weighted by atomic mass is 9.95. The maximum absolute atomic E-state index is 12.2. The lowest BCUT2D eigenvalue weighted by Gasteiger charge is -2.23. The fourth-order valence-corrected chi connectivity index (χ4v) is 2.03. The summed E-state index contributed by atoms with van der Waals surface area (Å²) >= 11 is 0. The second-order valence-electron chi connectivity index (χ2n) is 5.48. The molecule has 0 fully saturated rings. The predicted molar refractivity (Wildman–Crippen MR) is 76.3 cm³/mol. The first-order chi connectivity index (χ1) is 8.86. The van der Waals surface area contributed by atoms with Gasteiger partial charge >= 0.3 is 0 Å². The number of carbonyl (C=O) groups excluding carboxylic acids is 1. The number of benzene rings is 1. The van der Waals surface area contributed by atoms with Gasteiger partial charge in [-0.3, -0.25) is 4.79 Å². The molecule has 0 spiro atoms. The molecule has 0 aromatic heterocycles. The summed E-state index contributed by atoms with van der Waals surface area (Å²) in [5.41, 5.74) is 3.49. The molecule has 19 heavy (non-hydrogen) atoms. The van der Waals surface area contributed by atoms with Crippen molar-refractivity contribution in [3.8, 4) is 6.07 Å². The van der Waals surface area contributed by atoms with E-state index in [0.29, 0.717) is 6.54 Å². The highest BCUT2D eigenvalue weighted by Crippen LogP contribution is 2.17. The number of carbonyl (C=O) groups is 1. The Morgan fingerprint density at radius 1 is 1.37 bits per heavy atom. The monoisotopic (exact) mass is 258 g/mol. The smallest absolute Gasteiger partial charge is 0.240 e. The van der Waals surface area contributed by atoms with Crippen LogP contribution in [-0.2, 0) is 11.3 Å². The van der Waals surface area contributed by atoms with Crippen molar-refractivity contribution in [1.29, 1.82) is 5.26 Å². The van der Waals surface area contributed by atoms with Crippen LogP contribution in [0.15, 0.2) is 18.2 Å². The van der Waals surface area contributed by atoms with Crippen LogP contribution in [0.4, 0.5) is 0 Å². The van der Waals surface area contributed by atoms with Crippen molar-refractivity contribution >= 4 is 5.91 Å². The van der Waals surface area contributed by atoms with E-state index in [2.05, 4.69) is 24.3 Å². The molecule has 0 aliphatic rings. The molecule has 0 saturated carbocycles. The summed E-state index contributed by atoms with van der Waals surface area (Å²) in [5, 5.41) is 9.08. The van der Waals surface area contributed by atoms with E-state index in [0.717, 1.165) is 5.56 Å². The maximum atomic E-state index is 12.2. The van der Waals surface area contributed by atoms with E-state index in [1.807, 2.05) is 27.7 Å². The van der Waals surface area contributed by atoms with Crippen molar-refractivity contribution < 1.29 is 4.79 Å². The number of aryl methyl sites for hydroxylation is 2. The zero-order chi connectivity index (χ0) is 14.6. The summed E-state index contributed by atoms with van der Waals surface area (Å²) < 4.78 is 0. The van der Waals surface area contributed by atoms with Crippen molar-refractivity contribution in [3.05, 3.63) is 34.9 Å². The Hall–Kier alpha value is -1.82. The summed E-state index contributed by atoms with van der Waals surface area (Å²) in [6, 6.07) is 8.32. The third-order valence-corrected chi connectivity index (χ3v) is 3.36. The van der Waals surface area contributed by atoms with Gasteiger partial charge in [0.25, 0.3) is 0 Å². The van der Waals surface area contributed by atoms with Gasteiger partial charge in [-0.1, -0.05) is 37.6 Å². The number of nitriles is 1. The van der Waals surface area contributed by atoms with Gasteiger partial charge in [-0.25, -0.2) is 0 Å². The van der Waals surface area contributed by atoms with Crippen molar-refractivity contribution in [1.82, 2.24) is 4.90 Å². The van der Waals surface area contributed by atoms with E-state index in [4.69, 9.17) is 5.26 Å². The van der Waals surface area contributed by atoms with E-state index in [1.165, 1.54) is 11.1 Å². The van der Waals surface area contributed by atoms with Gasteiger partial charge in [0.15, 0.2) is 0 Å². The molecule has 0 heterocycles. The predicted octanol–water partition coefficient (Wildman–Crippen LogP) is 3.06. The minimum absolute atomic E-state index is 0.0403. The fraction of sp³-hybridized carbons (Fsp3) is 0.500. The van der Waals surface area contributed by atoms with Crippen molar-refractivity contribution in [2.24, 2.45) is 11.8 Å². The number of rotatable bonds is 4. The van der Waals surface area contributed by atoms with Gasteiger partial charge in [0.1, 0.15) is 5.92 Å². The third-order valence-electron chi connectivity index (χ3n) is 3.36. The van der Waals surface area contributed by atoms with E-state index in [9.17, 15) is 4.79 Å². The molecule has 0 saturated heterocycles. The minimum Gasteiger partial charge on any atom is -0.340 e. The molecule has 3 heteroatoms. The lowest BCUT2D eigenvalue weighted by molar-refractivity contribution is -0.134. The average molecular weight is 258 g/mol. The molecular weight excluding hydrogens is 236 g/mol. The first kappa shape index (κ1) is 15.2. The van der Waals surface area contributed by atoms with E-state index in [-0.39, 0.29) is 11.8 Å². The highest BCUT2D eigenvalue weighted by atomic mass is 16.2. The van der Waals surface area contributed by atoms with Gasteiger partial charge in [0.2, 0.25) is 5.91 Å². The van der Waals surface area contributed by atoms with Crippen molar-refractivity contribution in [2.75, 3.05) is 7.05 Å². The quantitative estimate of drug-likeness (QED) is 0.833. The molecule has 1 aromatic rings. The highest BCUT2D eigenvalue weighted by molar-refractivity contribution is 5.81. The largest absolute Gasteiger partial charge is 0.340 e. The van der Waals surface area contributed by atoms with Crippen LogP contribution in [-0.4, -0.2) is 17.9 Å². The number of hydrogen-bond donors (Lipinski definition) is 0. The Balaban J connectivity index is 2.85. The van der Waals surface area contributed by atoms with Crippen molar-refractivity contribution in [2.45, 2.75) is 34.2 Å². The summed E-state index contributed by atoms with van der Waals surface area (Å²) in [5.74, 6) is -0.618. The Labute approximate surface area is 115 Å². The summed E-state index contributed by atoms with van der Waals surface area (Å²) in [4.78, 5) is 13.9. The lowest BCUT2D eigenvalue weighted by Crippen LogP contribution is -2.34. The second kappa shape index (κ2) is 6.38. The molecule has 1 rings (SSSR count). The van der Waals surface area contributed by atoms with E-state index < -0.39 is 5.92 Å². The summed E-state index contributed by atoms with van der Waals surface area (Å²) in [6.07, 6.45) is 0. The molecule has 0 radical (unpaired) electrons. The Kier molecular flexibility index (Phi) is 5.11. The first-order valence-corrected chi connectivity index (χ1v) is 6.57. The molecule has 0 N–H and O–H groups in total. The molecule has 1 unspecified atom stereocenters. The number of amides is 1. The van der Waals surface area contributed by atoms with Gasteiger partial charge < -0.3 is 4.90 Å². The second-order valence-corrected chi connectivity index (χ2v) is 5.48. The average Bonchev–Trinajstić information content (AvgIpc) is 2.34. The number of hydrogen-bond acceptors (Lipinski definition) is 2. The van der Waals surface area contributed by atoms with Gasteiger partial charge in [0, 0.05) is 13.6 Å². The van der Waals surface area contributed by atoms with Crippen LogP contribution in [0.5, 0.6) is 0 Å². The molecule has 1 atom stereocenters. The SMILES string of the molecule is Cc1ccc(C)c(CN(C)C(=O)C(C#N)C(C)C)c1. The van der Waals surface area contributed by atoms with Gasteiger partial charge in [-0.15, -0.1) is 0 Å². The normalized spacial score (nSPS) is 12.1. The Morgan fingerprint density at radius 2 is 2.00 bits per heavy atom. The fourth-order valence-electron chi connectivity index (χ4n) is 2.03. The van der Waals surface area contributed by atoms with Crippen molar-refractivity contribution in [3.63, 3.8) is 0 Å². The highest BCUT2D eigenvalue weighted by Gasteiger charge is 2.25. The van der Waals surface area contributed by atoms with Crippen LogP contribution in [0.3, 0.4) is 0 Å². The molecule has 102 valence electrons. The minimum atomic E-state index is -0.560. The summed E-state index contributed by atoms with van der Waals surface area (Å²) in [7, 11) is 1.76. The third kappa shape index (κ3) is 3.82. The zero-order valence-corrected chi connectivity index (χ0v) is 12.4. The van der Waals surface area contributed by atoms with E-state index >= 15 is 0 Å². The Morgan fingerprint density at radius 3 is 2.53 bits per heavy atom. The summed E-state index contributed by atoms with van der Waals surface area (Å²) in [6.45, 7) is 8.43. The van der Waals surface area contributed by atoms with Crippen LogP contribution in [0.25, 0.3) is 0 Å². The van der Waals surface area contributed by atoms with Crippen LogP contribution in [0.1, 0.15) is 30.5 Å².